The second-order valence-corrected chi connectivity index (χ2v) is 34.6. The molecule has 0 rings (SSSR count). The first-order chi connectivity index (χ1) is 46.4. The van der Waals surface area contributed by atoms with Crippen LogP contribution >= 0.6 is 0 Å². The molecule has 33 heteroatoms. The molecule has 4 amide bonds. The summed E-state index contributed by atoms with van der Waals surface area (Å²) in [6, 6.07) is 0. The predicted octanol–water partition coefficient (Wildman–Crippen LogP) is 5.94. The molecule has 0 aromatic rings. The first-order valence-electron chi connectivity index (χ1n) is 34.7. The van der Waals surface area contributed by atoms with Crippen molar-refractivity contribution in [1.82, 2.24) is 42.5 Å². The van der Waals surface area contributed by atoms with Gasteiger partial charge in [0, 0.05) is 109 Å². The minimum absolute atomic E-state index is 0.0389. The molecule has 20 N–H and O–H groups in total. The number of carbonyl (C=O) groups is 6. The van der Waals surface area contributed by atoms with E-state index in [-0.39, 0.29) is 124 Å². The van der Waals surface area contributed by atoms with Crippen molar-refractivity contribution in [1.29, 1.82) is 21.6 Å². The van der Waals surface area contributed by atoms with Crippen molar-refractivity contribution in [2.75, 3.05) is 145 Å². The number of ether oxygens (including phenoxy) is 11. The maximum atomic E-state index is 14.4. The molecule has 0 spiro atoms. The molecule has 0 bridgehead atoms. The number of guanidine groups is 4. The third-order valence-electron chi connectivity index (χ3n) is 16.2. The Labute approximate surface area is 607 Å². The Hall–Kier alpha value is -7.10. The van der Waals surface area contributed by atoms with Crippen molar-refractivity contribution < 1.29 is 80.9 Å². The number of carbonyl (C=O) groups excluding carboxylic acids is 6. The minimum Gasteiger partial charge on any atom is -0.465 e. The average molecular weight is 1460 g/mol. The van der Waals surface area contributed by atoms with Crippen molar-refractivity contribution in [3.8, 4) is 0 Å². The highest BCUT2D eigenvalue weighted by atomic mass is 16.6. The summed E-state index contributed by atoms with van der Waals surface area (Å²) in [6.45, 7) is 43.0. The molecule has 0 saturated carbocycles. The molecule has 2 atom stereocenters. The first-order valence-corrected chi connectivity index (χ1v) is 34.7. The highest BCUT2D eigenvalue weighted by Gasteiger charge is 2.43. The molecule has 0 heterocycles. The Morgan fingerprint density at radius 3 is 0.824 bits per heavy atom. The molecule has 0 aliphatic carbocycles. The lowest BCUT2D eigenvalue weighted by Gasteiger charge is -2.34. The van der Waals surface area contributed by atoms with Gasteiger partial charge in [-0.25, -0.2) is 19.2 Å². The van der Waals surface area contributed by atoms with Crippen LogP contribution in [0.1, 0.15) is 172 Å². The Morgan fingerprint density at radius 2 is 0.549 bits per heavy atom. The number of alkyl carbamates (subject to hydrolysis) is 4. The largest absolute Gasteiger partial charge is 0.465 e. The highest BCUT2D eigenvalue weighted by Crippen LogP contribution is 2.30. The van der Waals surface area contributed by atoms with Gasteiger partial charge in [0.15, 0.2) is 23.8 Å². The Bertz CT molecular complexity index is 2610. The van der Waals surface area contributed by atoms with E-state index < -0.39 is 106 Å². The van der Waals surface area contributed by atoms with Crippen LogP contribution in [0.25, 0.3) is 0 Å². The number of nitrogens with two attached hydrogens (primary N) is 4. The number of nitrogens with one attached hydrogen (secondary N) is 12. The second-order valence-electron chi connectivity index (χ2n) is 34.6. The smallest absolute Gasteiger partial charge is 0.407 e. The van der Waals surface area contributed by atoms with Crippen LogP contribution in [0.5, 0.6) is 0 Å². The van der Waals surface area contributed by atoms with E-state index >= 15 is 0 Å². The van der Waals surface area contributed by atoms with Gasteiger partial charge in [0.25, 0.3) is 0 Å². The third kappa shape index (κ3) is 45.1. The van der Waals surface area contributed by atoms with Gasteiger partial charge < -0.3 is 118 Å². The van der Waals surface area contributed by atoms with Gasteiger partial charge in [-0.05, 0) is 48.0 Å². The van der Waals surface area contributed by atoms with E-state index in [4.69, 9.17) is 96.7 Å². The quantitative estimate of drug-likeness (QED) is 0.0145. The summed E-state index contributed by atoms with van der Waals surface area (Å²) in [5.41, 5.74) is 12.7. The summed E-state index contributed by atoms with van der Waals surface area (Å²) < 4.78 is 64.7. The van der Waals surface area contributed by atoms with E-state index in [9.17, 15) is 28.8 Å². The number of hydrogen-bond donors (Lipinski definition) is 16. The van der Waals surface area contributed by atoms with Crippen LogP contribution in [-0.4, -0.2) is 216 Å². The molecule has 0 aromatic heterocycles. The summed E-state index contributed by atoms with van der Waals surface area (Å²) in [4.78, 5) is 81.7. The van der Waals surface area contributed by atoms with E-state index in [0.717, 1.165) is 6.42 Å². The lowest BCUT2D eigenvalue weighted by atomic mass is 9.88. The first kappa shape index (κ1) is 94.9. The maximum absolute atomic E-state index is 14.4. The van der Waals surface area contributed by atoms with Gasteiger partial charge in [-0.15, -0.1) is 0 Å². The molecule has 0 fully saturated rings. The Balaban J connectivity index is 6.28. The summed E-state index contributed by atoms with van der Waals surface area (Å²) in [5, 5.41) is 52.1. The molecule has 0 aromatic carbocycles. The predicted molar refractivity (Wildman–Crippen MR) is 392 cm³/mol. The molecule has 2 unspecified atom stereocenters. The number of esters is 2. The molecule has 102 heavy (non-hydrogen) atoms. The van der Waals surface area contributed by atoms with E-state index in [2.05, 4.69) is 42.5 Å². The van der Waals surface area contributed by atoms with Gasteiger partial charge in [-0.2, -0.15) is 0 Å². The van der Waals surface area contributed by atoms with E-state index in [1.807, 2.05) is 111 Å². The van der Waals surface area contributed by atoms with E-state index in [1.54, 1.807) is 27.7 Å². The molecule has 0 saturated heterocycles. The highest BCUT2D eigenvalue weighted by molar-refractivity contribution is 5.80. The molecule has 0 aliphatic heterocycles. The zero-order chi connectivity index (χ0) is 78.9. The number of amides is 4. The lowest BCUT2D eigenvalue weighted by Crippen LogP contribution is -2.47. The topological polar surface area (TPSA) is 500 Å². The monoisotopic (exact) mass is 1460 g/mol. The van der Waals surface area contributed by atoms with Crippen LogP contribution in [0.4, 0.5) is 19.2 Å². The van der Waals surface area contributed by atoms with Crippen molar-refractivity contribution in [3.63, 3.8) is 0 Å². The van der Waals surface area contributed by atoms with Gasteiger partial charge in [-0.1, -0.05) is 111 Å². The van der Waals surface area contributed by atoms with Crippen LogP contribution in [-0.2, 0) is 61.7 Å². The SMILES string of the molecule is CCC(C)(CNC(=N)N)COCC(C)(C)CNC(=O)OCC(C)(COC(=O)NCC(C)(C)COCC(C)(C)CNC(=N)N)C(=O)OC(C)(C)CCOC(C)(C)CCOC(=O)C(C)(COC(=O)NCC(C)(C)COCC(C)(C)CNC(=N)N)COC(=O)NCC(C)(C)COCC(C)(C)CNC(=N)N. The summed E-state index contributed by atoms with van der Waals surface area (Å²) in [7, 11) is 0. The zero-order valence-electron chi connectivity index (χ0n) is 65.9. The molecule has 33 nitrogen and oxygen atoms in total. The van der Waals surface area contributed by atoms with Crippen LogP contribution in [0.2, 0.25) is 0 Å². The van der Waals surface area contributed by atoms with Gasteiger partial charge in [0.05, 0.1) is 71.7 Å². The third-order valence-corrected chi connectivity index (χ3v) is 16.2. The van der Waals surface area contributed by atoms with Crippen LogP contribution in [0.3, 0.4) is 0 Å². The second kappa shape index (κ2) is 42.0. The number of rotatable bonds is 51. The molecule has 0 radical (unpaired) electrons. The van der Waals surface area contributed by atoms with Gasteiger partial charge in [-0.3, -0.25) is 31.2 Å². The van der Waals surface area contributed by atoms with Crippen LogP contribution < -0.4 is 65.5 Å². The Morgan fingerprint density at radius 1 is 0.304 bits per heavy atom. The van der Waals surface area contributed by atoms with E-state index in [0.29, 0.717) is 52.6 Å². The summed E-state index contributed by atoms with van der Waals surface area (Å²) in [5.74, 6) is -2.25. The standard InChI is InChI=1S/C69H136N16O17/c1-23-67(20,35-81-53(76)77)43-95-42-64(14,15)34-85-57(91)100-47-69(22,46-99-56(90)84-33-63(12,13)41-94-38-60(6,7)30-80-52(74)75)49(87)102-66(18,19)25-27-101-65(16,17)24-26-96-48(86)68(21,44-97-54(88)82-31-61(8,9)39-92-36-58(2,3)28-78-50(70)71)45-98-55(89)83-32-62(10,11)40-93-37-59(4,5)29-79-51(72)73/h23-47H2,1-22H3,(H,82,88)(H,83,89)(H,84,90)(H,85,91)(H4,70,71,78)(H4,72,73,79)(H4,74,75,80)(H4,76,77,81). The van der Waals surface area contributed by atoms with Crippen molar-refractivity contribution in [3.05, 3.63) is 0 Å². The van der Waals surface area contributed by atoms with E-state index in [1.165, 1.54) is 13.8 Å². The number of hydrogen-bond acceptors (Lipinski definition) is 21. The van der Waals surface area contributed by atoms with Crippen LogP contribution in [0.15, 0.2) is 0 Å². The fourth-order valence-corrected chi connectivity index (χ4v) is 8.63. The molecule has 0 aliphatic rings. The molecular formula is C69H136N16O17. The molecular weight excluding hydrogens is 1320 g/mol. The Kier molecular flexibility index (Phi) is 39.1. The van der Waals surface area contributed by atoms with Crippen LogP contribution in [0, 0.1) is 75.8 Å². The minimum atomic E-state index is -1.73. The van der Waals surface area contributed by atoms with Crippen molar-refractivity contribution >= 4 is 60.1 Å². The van der Waals surface area contributed by atoms with Gasteiger partial charge in [0.1, 0.15) is 42.9 Å². The summed E-state index contributed by atoms with van der Waals surface area (Å²) >= 11 is 0. The fraction of sp³-hybridized carbons (Fsp3) is 0.855. The average Bonchev–Trinajstić information content (AvgIpc) is 0.835. The van der Waals surface area contributed by atoms with Crippen molar-refractivity contribution in [2.24, 2.45) is 77.1 Å². The van der Waals surface area contributed by atoms with Gasteiger partial charge >= 0.3 is 36.3 Å². The molecule has 594 valence electrons. The summed E-state index contributed by atoms with van der Waals surface area (Å²) in [6.07, 6.45) is -2.33. The lowest BCUT2D eigenvalue weighted by molar-refractivity contribution is -0.175. The fourth-order valence-electron chi connectivity index (χ4n) is 8.63. The maximum Gasteiger partial charge on any atom is 0.407 e. The van der Waals surface area contributed by atoms with Gasteiger partial charge in [0.2, 0.25) is 0 Å². The zero-order valence-corrected chi connectivity index (χ0v) is 65.9. The normalized spacial score (nSPS) is 14.4. The van der Waals surface area contributed by atoms with Crippen molar-refractivity contribution in [2.45, 2.75) is 183 Å².